The summed E-state index contributed by atoms with van der Waals surface area (Å²) in [6.07, 6.45) is 0. The van der Waals surface area contributed by atoms with Gasteiger partial charge in [0.1, 0.15) is 6.61 Å². The maximum absolute atomic E-state index is 12.1. The van der Waals surface area contributed by atoms with Crippen LogP contribution in [0.3, 0.4) is 0 Å². The second kappa shape index (κ2) is 5.84. The number of carbonyl (C=O) groups is 1. The molecule has 18 heavy (non-hydrogen) atoms. The van der Waals surface area contributed by atoms with E-state index < -0.39 is 0 Å². The Morgan fingerprint density at radius 3 is 2.78 bits per heavy atom. The van der Waals surface area contributed by atoms with E-state index in [2.05, 4.69) is 4.90 Å². The van der Waals surface area contributed by atoms with Gasteiger partial charge in [-0.15, -0.1) is 0 Å². The number of likely N-dealkylation sites (N-methyl/N-ethyl adjacent to an activating group) is 1. The van der Waals surface area contributed by atoms with E-state index in [9.17, 15) is 4.79 Å². The Labute approximate surface area is 107 Å². The van der Waals surface area contributed by atoms with Crippen LogP contribution < -0.4 is 15.5 Å². The predicted molar refractivity (Wildman–Crippen MR) is 71.9 cm³/mol. The van der Waals surface area contributed by atoms with E-state index in [4.69, 9.17) is 10.5 Å². The van der Waals surface area contributed by atoms with E-state index in [1.165, 1.54) is 0 Å². The zero-order valence-corrected chi connectivity index (χ0v) is 10.6. The van der Waals surface area contributed by atoms with Gasteiger partial charge in [-0.1, -0.05) is 12.1 Å². The highest BCUT2D eigenvalue weighted by molar-refractivity contribution is 5.98. The van der Waals surface area contributed by atoms with E-state index in [-0.39, 0.29) is 12.5 Å². The number of hydrogen-bond donors (Lipinski definition) is 1. The molecule has 5 heteroatoms. The first-order valence-electron chi connectivity index (χ1n) is 6.12. The van der Waals surface area contributed by atoms with Crippen molar-refractivity contribution >= 4 is 17.3 Å². The Hall–Kier alpha value is -1.59. The molecule has 0 fully saturated rings. The Kier molecular flexibility index (Phi) is 4.17. The van der Waals surface area contributed by atoms with E-state index >= 15 is 0 Å². The molecule has 0 saturated heterocycles. The Morgan fingerprint density at radius 2 is 2.06 bits per heavy atom. The molecule has 0 aliphatic carbocycles. The molecule has 1 amide bonds. The van der Waals surface area contributed by atoms with Crippen molar-refractivity contribution in [2.45, 2.75) is 0 Å². The number of para-hydroxylation sites is 2. The summed E-state index contributed by atoms with van der Waals surface area (Å²) in [5.41, 5.74) is 7.36. The highest BCUT2D eigenvalue weighted by Gasteiger charge is 2.24. The normalized spacial score (nSPS) is 14.6. The van der Waals surface area contributed by atoms with Crippen LogP contribution in [0, 0.1) is 0 Å². The zero-order valence-electron chi connectivity index (χ0n) is 10.6. The number of fused-ring (bicyclic) bond motifs is 1. The van der Waals surface area contributed by atoms with Crippen LogP contribution >= 0.6 is 0 Å². The van der Waals surface area contributed by atoms with E-state index in [1.807, 2.05) is 31.3 Å². The summed E-state index contributed by atoms with van der Waals surface area (Å²) in [6.45, 7) is 2.47. The minimum Gasteiger partial charge on any atom is -0.371 e. The second-order valence-corrected chi connectivity index (χ2v) is 4.30. The Morgan fingerprint density at radius 1 is 1.33 bits per heavy atom. The first-order valence-corrected chi connectivity index (χ1v) is 6.12. The van der Waals surface area contributed by atoms with Crippen molar-refractivity contribution in [2.75, 3.05) is 49.7 Å². The molecule has 0 spiro atoms. The van der Waals surface area contributed by atoms with Gasteiger partial charge in [0.15, 0.2) is 0 Å². The van der Waals surface area contributed by atoms with Crippen LogP contribution in [-0.2, 0) is 9.53 Å². The van der Waals surface area contributed by atoms with Crippen LogP contribution in [0.4, 0.5) is 11.4 Å². The van der Waals surface area contributed by atoms with Crippen molar-refractivity contribution < 1.29 is 9.53 Å². The molecular formula is C13H19N3O2. The number of hydrogen-bond acceptors (Lipinski definition) is 4. The van der Waals surface area contributed by atoms with Crippen LogP contribution in [0.25, 0.3) is 0 Å². The summed E-state index contributed by atoms with van der Waals surface area (Å²) in [4.78, 5) is 16.0. The summed E-state index contributed by atoms with van der Waals surface area (Å²) in [5, 5.41) is 0. The maximum atomic E-state index is 12.1. The van der Waals surface area contributed by atoms with Gasteiger partial charge in [0.25, 0.3) is 5.91 Å². The third-order valence-electron chi connectivity index (χ3n) is 3.03. The molecule has 0 bridgehead atoms. The lowest BCUT2D eigenvalue weighted by Gasteiger charge is -2.35. The molecule has 5 nitrogen and oxygen atoms in total. The number of rotatable bonds is 4. The highest BCUT2D eigenvalue weighted by atomic mass is 16.5. The monoisotopic (exact) mass is 249 g/mol. The lowest BCUT2D eigenvalue weighted by Crippen LogP contribution is -2.44. The molecule has 2 N–H and O–H groups in total. The topological polar surface area (TPSA) is 58.8 Å². The maximum Gasteiger partial charge on any atom is 0.253 e. The number of nitrogens with zero attached hydrogens (tertiary/aromatic N) is 2. The highest BCUT2D eigenvalue weighted by Crippen LogP contribution is 2.31. The van der Waals surface area contributed by atoms with Gasteiger partial charge in [-0.25, -0.2) is 0 Å². The van der Waals surface area contributed by atoms with Crippen molar-refractivity contribution in [1.29, 1.82) is 0 Å². The van der Waals surface area contributed by atoms with Gasteiger partial charge in [-0.3, -0.25) is 4.79 Å². The summed E-state index contributed by atoms with van der Waals surface area (Å²) in [5.74, 6) is -0.0102. The molecule has 1 aromatic carbocycles. The van der Waals surface area contributed by atoms with Crippen LogP contribution in [0.5, 0.6) is 0 Å². The third-order valence-corrected chi connectivity index (χ3v) is 3.03. The van der Waals surface area contributed by atoms with Crippen molar-refractivity contribution in [3.05, 3.63) is 24.3 Å². The fourth-order valence-corrected chi connectivity index (χ4v) is 2.09. The van der Waals surface area contributed by atoms with Crippen molar-refractivity contribution in [3.8, 4) is 0 Å². The predicted octanol–water partition coefficient (Wildman–Crippen LogP) is 0.445. The molecular weight excluding hydrogens is 230 g/mol. The molecule has 1 aliphatic rings. The first-order chi connectivity index (χ1) is 8.74. The number of benzene rings is 1. The second-order valence-electron chi connectivity index (χ2n) is 4.30. The Bertz CT molecular complexity index is 422. The minimum atomic E-state index is -0.0102. The molecule has 98 valence electrons. The van der Waals surface area contributed by atoms with Gasteiger partial charge >= 0.3 is 0 Å². The van der Waals surface area contributed by atoms with Gasteiger partial charge in [-0.05, 0) is 12.1 Å². The summed E-state index contributed by atoms with van der Waals surface area (Å²) in [6, 6.07) is 7.91. The quantitative estimate of drug-likeness (QED) is 0.787. The first kappa shape index (κ1) is 12.9. The van der Waals surface area contributed by atoms with E-state index in [0.717, 1.165) is 17.9 Å². The van der Waals surface area contributed by atoms with Gasteiger partial charge < -0.3 is 20.3 Å². The fraction of sp³-hybridized carbons (Fsp3) is 0.462. The van der Waals surface area contributed by atoms with Crippen LogP contribution in [0.15, 0.2) is 24.3 Å². The standard InChI is InChI=1S/C13H19N3O2/c1-15-7-8-16(13(17)10-18-9-6-14)12-5-3-2-4-11(12)15/h2-5H,6-10,14H2,1H3. The SMILES string of the molecule is CN1CCN(C(=O)COCCN)c2ccccc21. The average Bonchev–Trinajstić information content (AvgIpc) is 2.39. The van der Waals surface area contributed by atoms with Crippen LogP contribution in [0.1, 0.15) is 0 Å². The summed E-state index contributed by atoms with van der Waals surface area (Å²) >= 11 is 0. The lowest BCUT2D eigenvalue weighted by molar-refractivity contribution is -0.123. The molecule has 1 aromatic rings. The molecule has 1 heterocycles. The number of amides is 1. The molecule has 0 unspecified atom stereocenters. The van der Waals surface area contributed by atoms with Crippen LogP contribution in [-0.4, -0.2) is 45.8 Å². The smallest absolute Gasteiger partial charge is 0.253 e. The molecule has 0 saturated carbocycles. The van der Waals surface area contributed by atoms with Gasteiger partial charge in [-0.2, -0.15) is 0 Å². The summed E-state index contributed by atoms with van der Waals surface area (Å²) in [7, 11) is 2.03. The molecule has 0 atom stereocenters. The largest absolute Gasteiger partial charge is 0.371 e. The number of anilines is 2. The lowest BCUT2D eigenvalue weighted by atomic mass is 10.2. The minimum absolute atomic E-state index is 0.0102. The van der Waals surface area contributed by atoms with Crippen LogP contribution in [0.2, 0.25) is 0 Å². The number of ether oxygens (including phenoxy) is 1. The molecule has 1 aliphatic heterocycles. The van der Waals surface area contributed by atoms with Crippen molar-refractivity contribution in [3.63, 3.8) is 0 Å². The zero-order chi connectivity index (χ0) is 13.0. The third kappa shape index (κ3) is 2.63. The fourth-order valence-electron chi connectivity index (χ4n) is 2.09. The van der Waals surface area contributed by atoms with Crippen molar-refractivity contribution in [2.24, 2.45) is 5.73 Å². The number of carbonyl (C=O) groups excluding carboxylic acids is 1. The van der Waals surface area contributed by atoms with Crippen molar-refractivity contribution in [1.82, 2.24) is 0 Å². The van der Waals surface area contributed by atoms with E-state index in [1.54, 1.807) is 4.90 Å². The average molecular weight is 249 g/mol. The van der Waals surface area contributed by atoms with Gasteiger partial charge in [0, 0.05) is 26.7 Å². The Balaban J connectivity index is 2.11. The number of nitrogens with two attached hydrogens (primary N) is 1. The molecule has 0 radical (unpaired) electrons. The van der Waals surface area contributed by atoms with Gasteiger partial charge in [0.2, 0.25) is 0 Å². The van der Waals surface area contributed by atoms with Gasteiger partial charge in [0.05, 0.1) is 18.0 Å². The molecule has 2 rings (SSSR count). The summed E-state index contributed by atoms with van der Waals surface area (Å²) < 4.78 is 5.21. The van der Waals surface area contributed by atoms with E-state index in [0.29, 0.717) is 19.7 Å². The molecule has 0 aromatic heterocycles.